The minimum atomic E-state index is 0.262. The Kier molecular flexibility index (Phi) is 2.41. The highest BCUT2D eigenvalue weighted by Gasteiger charge is 2.07. The summed E-state index contributed by atoms with van der Waals surface area (Å²) in [7, 11) is 0. The van der Waals surface area contributed by atoms with E-state index in [1.165, 1.54) is 0 Å². The molecule has 0 amide bonds. The Labute approximate surface area is 105 Å². The molecule has 0 atom stereocenters. The average molecular weight is 235 g/mol. The molecule has 0 heterocycles. The van der Waals surface area contributed by atoms with Gasteiger partial charge >= 0.3 is 0 Å². The van der Waals surface area contributed by atoms with E-state index in [4.69, 9.17) is 5.73 Å². The maximum Gasteiger partial charge on any atom is 0.115 e. The third kappa shape index (κ3) is 1.68. The van der Waals surface area contributed by atoms with Crippen molar-refractivity contribution in [3.8, 4) is 16.9 Å². The van der Waals surface area contributed by atoms with Crippen molar-refractivity contribution in [2.75, 3.05) is 5.73 Å². The molecule has 0 fully saturated rings. The van der Waals surface area contributed by atoms with Gasteiger partial charge in [-0.3, -0.25) is 0 Å². The molecule has 2 nitrogen and oxygen atoms in total. The first-order valence-electron chi connectivity index (χ1n) is 5.82. The van der Waals surface area contributed by atoms with Crippen LogP contribution in [0.2, 0.25) is 0 Å². The Balaban J connectivity index is 2.33. The molecule has 0 spiro atoms. The summed E-state index contributed by atoms with van der Waals surface area (Å²) in [5, 5.41) is 11.6. The zero-order valence-corrected chi connectivity index (χ0v) is 9.80. The van der Waals surface area contributed by atoms with Crippen LogP contribution in [0.15, 0.2) is 60.7 Å². The van der Waals surface area contributed by atoms with Gasteiger partial charge in [0.15, 0.2) is 0 Å². The number of rotatable bonds is 1. The number of hydrogen-bond donors (Lipinski definition) is 2. The maximum atomic E-state index is 9.35. The van der Waals surface area contributed by atoms with E-state index >= 15 is 0 Å². The fourth-order valence-corrected chi connectivity index (χ4v) is 2.24. The van der Waals surface area contributed by atoms with Crippen molar-refractivity contribution in [1.29, 1.82) is 0 Å². The van der Waals surface area contributed by atoms with Gasteiger partial charge in [-0.15, -0.1) is 0 Å². The Morgan fingerprint density at radius 1 is 0.778 bits per heavy atom. The second-order valence-corrected chi connectivity index (χ2v) is 4.30. The van der Waals surface area contributed by atoms with Crippen LogP contribution in [0, 0.1) is 0 Å². The summed E-state index contributed by atoms with van der Waals surface area (Å²) in [6.45, 7) is 0. The lowest BCUT2D eigenvalue weighted by atomic mass is 9.96. The van der Waals surface area contributed by atoms with Crippen molar-refractivity contribution < 1.29 is 5.11 Å². The van der Waals surface area contributed by atoms with E-state index in [0.29, 0.717) is 0 Å². The number of phenolic OH excluding ortho intramolecular Hbond substituents is 1. The van der Waals surface area contributed by atoms with Crippen LogP contribution >= 0.6 is 0 Å². The molecule has 3 aromatic rings. The van der Waals surface area contributed by atoms with E-state index in [-0.39, 0.29) is 5.75 Å². The Bertz CT molecular complexity index is 702. The summed E-state index contributed by atoms with van der Waals surface area (Å²) < 4.78 is 0. The van der Waals surface area contributed by atoms with Gasteiger partial charge in [-0.1, -0.05) is 42.5 Å². The van der Waals surface area contributed by atoms with Crippen LogP contribution in [0.4, 0.5) is 5.69 Å². The third-order valence-corrected chi connectivity index (χ3v) is 3.12. The number of nitrogens with two attached hydrogens (primary N) is 1. The molecule has 0 aliphatic heterocycles. The van der Waals surface area contributed by atoms with Crippen molar-refractivity contribution >= 4 is 16.5 Å². The summed E-state index contributed by atoms with van der Waals surface area (Å²) >= 11 is 0. The van der Waals surface area contributed by atoms with E-state index in [1.807, 2.05) is 36.4 Å². The molecule has 2 heteroatoms. The van der Waals surface area contributed by atoms with Crippen LogP contribution in [0.3, 0.4) is 0 Å². The highest BCUT2D eigenvalue weighted by atomic mass is 16.3. The minimum absolute atomic E-state index is 0.262. The fourth-order valence-electron chi connectivity index (χ4n) is 2.24. The summed E-state index contributed by atoms with van der Waals surface area (Å²) in [5.41, 5.74) is 8.88. The van der Waals surface area contributed by atoms with Crippen LogP contribution in [-0.2, 0) is 0 Å². The van der Waals surface area contributed by atoms with Crippen LogP contribution in [0.1, 0.15) is 0 Å². The normalized spacial score (nSPS) is 10.7. The smallest absolute Gasteiger partial charge is 0.115 e. The highest BCUT2D eigenvalue weighted by molar-refractivity contribution is 6.02. The van der Waals surface area contributed by atoms with Gasteiger partial charge in [-0.25, -0.2) is 0 Å². The Morgan fingerprint density at radius 3 is 2.28 bits per heavy atom. The minimum Gasteiger partial charge on any atom is -0.508 e. The maximum absolute atomic E-state index is 9.35. The van der Waals surface area contributed by atoms with Crippen molar-refractivity contribution in [2.45, 2.75) is 0 Å². The van der Waals surface area contributed by atoms with Gasteiger partial charge in [0.2, 0.25) is 0 Å². The van der Waals surface area contributed by atoms with Crippen molar-refractivity contribution in [1.82, 2.24) is 0 Å². The molecule has 0 aromatic heterocycles. The average Bonchev–Trinajstić information content (AvgIpc) is 2.40. The van der Waals surface area contributed by atoms with Crippen LogP contribution in [-0.4, -0.2) is 5.11 Å². The van der Waals surface area contributed by atoms with Gasteiger partial charge in [-0.05, 0) is 34.5 Å². The van der Waals surface area contributed by atoms with Crippen LogP contribution in [0.25, 0.3) is 21.9 Å². The fraction of sp³-hybridized carbons (Fsp3) is 0. The van der Waals surface area contributed by atoms with Crippen molar-refractivity contribution in [3.05, 3.63) is 60.7 Å². The van der Waals surface area contributed by atoms with E-state index in [9.17, 15) is 5.11 Å². The first-order chi connectivity index (χ1) is 8.75. The third-order valence-electron chi connectivity index (χ3n) is 3.12. The van der Waals surface area contributed by atoms with Crippen molar-refractivity contribution in [3.63, 3.8) is 0 Å². The van der Waals surface area contributed by atoms with Gasteiger partial charge in [-0.2, -0.15) is 0 Å². The predicted octanol–water partition coefficient (Wildman–Crippen LogP) is 3.79. The Morgan fingerprint density at radius 2 is 1.50 bits per heavy atom. The zero-order valence-electron chi connectivity index (χ0n) is 9.80. The number of hydrogen-bond acceptors (Lipinski definition) is 2. The van der Waals surface area contributed by atoms with Gasteiger partial charge in [0.25, 0.3) is 0 Å². The number of fused-ring (bicyclic) bond motifs is 1. The van der Waals surface area contributed by atoms with E-state index < -0.39 is 0 Å². The summed E-state index contributed by atoms with van der Waals surface area (Å²) in [5.74, 6) is 0.262. The van der Waals surface area contributed by atoms with Crippen LogP contribution < -0.4 is 5.73 Å². The topological polar surface area (TPSA) is 46.2 Å². The molecule has 0 aliphatic carbocycles. The summed E-state index contributed by atoms with van der Waals surface area (Å²) in [6, 6.07) is 19.2. The standard InChI is InChI=1S/C16H13NO/c17-15-10-7-11-3-1-2-4-14(11)16(15)12-5-8-13(18)9-6-12/h1-10,18H,17H2. The van der Waals surface area contributed by atoms with E-state index in [1.54, 1.807) is 12.1 Å². The molecular weight excluding hydrogens is 222 g/mol. The zero-order chi connectivity index (χ0) is 12.5. The molecule has 0 aliphatic rings. The van der Waals surface area contributed by atoms with Crippen LogP contribution in [0.5, 0.6) is 5.75 Å². The number of nitrogen functional groups attached to an aromatic ring is 1. The van der Waals surface area contributed by atoms with Gasteiger partial charge in [0.1, 0.15) is 5.75 Å². The first-order valence-corrected chi connectivity index (χ1v) is 5.82. The lowest BCUT2D eigenvalue weighted by Crippen LogP contribution is -1.91. The second-order valence-electron chi connectivity index (χ2n) is 4.30. The SMILES string of the molecule is Nc1ccc2ccccc2c1-c1ccc(O)cc1. The van der Waals surface area contributed by atoms with Gasteiger partial charge in [0, 0.05) is 11.3 Å². The number of phenols is 1. The number of anilines is 1. The van der Waals surface area contributed by atoms with E-state index in [2.05, 4.69) is 12.1 Å². The molecule has 88 valence electrons. The van der Waals surface area contributed by atoms with Gasteiger partial charge < -0.3 is 10.8 Å². The molecule has 0 saturated heterocycles. The van der Waals surface area contributed by atoms with E-state index in [0.717, 1.165) is 27.6 Å². The summed E-state index contributed by atoms with van der Waals surface area (Å²) in [4.78, 5) is 0. The predicted molar refractivity (Wildman–Crippen MR) is 75.5 cm³/mol. The molecule has 0 unspecified atom stereocenters. The molecule has 3 N–H and O–H groups in total. The molecule has 0 bridgehead atoms. The summed E-state index contributed by atoms with van der Waals surface area (Å²) in [6.07, 6.45) is 0. The second kappa shape index (κ2) is 4.08. The largest absolute Gasteiger partial charge is 0.508 e. The molecule has 3 rings (SSSR count). The Hall–Kier alpha value is -2.48. The lowest BCUT2D eigenvalue weighted by molar-refractivity contribution is 0.475. The quantitative estimate of drug-likeness (QED) is 0.630. The monoisotopic (exact) mass is 235 g/mol. The molecular formula is C16H13NO. The molecule has 0 saturated carbocycles. The number of benzene rings is 3. The van der Waals surface area contributed by atoms with Crippen molar-refractivity contribution in [2.24, 2.45) is 0 Å². The molecule has 18 heavy (non-hydrogen) atoms. The lowest BCUT2D eigenvalue weighted by Gasteiger charge is -2.10. The van der Waals surface area contributed by atoms with Gasteiger partial charge in [0.05, 0.1) is 0 Å². The molecule has 3 aromatic carbocycles. The number of aromatic hydroxyl groups is 1. The molecule has 0 radical (unpaired) electrons. The highest BCUT2D eigenvalue weighted by Crippen LogP contribution is 2.34. The first kappa shape index (κ1) is 10.7.